The molecule has 1 atom stereocenters. The highest BCUT2D eigenvalue weighted by atomic mass is 32.2. The van der Waals surface area contributed by atoms with Crippen molar-refractivity contribution < 1.29 is 13.2 Å². The molecule has 1 fully saturated rings. The molecular formula is C14H16N2O3S. The molecule has 0 saturated carbocycles. The number of rotatable bonds is 3. The Kier molecular flexibility index (Phi) is 4.21. The van der Waals surface area contributed by atoms with Crippen LogP contribution in [0.15, 0.2) is 29.2 Å². The Morgan fingerprint density at radius 2 is 2.20 bits per heavy atom. The summed E-state index contributed by atoms with van der Waals surface area (Å²) in [5, 5.41) is 8.95. The first-order chi connectivity index (χ1) is 9.45. The Labute approximate surface area is 118 Å². The average Bonchev–Trinajstić information content (AvgIpc) is 2.47. The molecule has 6 heteroatoms. The summed E-state index contributed by atoms with van der Waals surface area (Å²) in [5.41, 5.74) is 0.375. The van der Waals surface area contributed by atoms with Crippen LogP contribution >= 0.6 is 0 Å². The molecule has 1 aliphatic heterocycles. The molecule has 1 aromatic rings. The number of hydrogen-bond acceptors (Lipinski definition) is 4. The van der Waals surface area contributed by atoms with Crippen molar-refractivity contribution in [2.24, 2.45) is 5.92 Å². The monoisotopic (exact) mass is 292 g/mol. The van der Waals surface area contributed by atoms with Gasteiger partial charge in [-0.3, -0.25) is 4.79 Å². The second-order valence-corrected chi connectivity index (χ2v) is 6.85. The van der Waals surface area contributed by atoms with Crippen LogP contribution in [0, 0.1) is 17.2 Å². The number of carbonyl (C=O) groups is 1. The van der Waals surface area contributed by atoms with Gasteiger partial charge in [0.2, 0.25) is 10.0 Å². The third kappa shape index (κ3) is 2.89. The maximum atomic E-state index is 12.5. The van der Waals surface area contributed by atoms with Gasteiger partial charge in [0.1, 0.15) is 0 Å². The Morgan fingerprint density at radius 1 is 1.45 bits per heavy atom. The van der Waals surface area contributed by atoms with Gasteiger partial charge in [0, 0.05) is 18.7 Å². The molecule has 106 valence electrons. The molecule has 0 aromatic heterocycles. The molecule has 0 radical (unpaired) electrons. The molecule has 1 unspecified atom stereocenters. The van der Waals surface area contributed by atoms with Gasteiger partial charge in [-0.2, -0.15) is 9.57 Å². The lowest BCUT2D eigenvalue weighted by Gasteiger charge is -2.28. The van der Waals surface area contributed by atoms with E-state index in [1.165, 1.54) is 23.4 Å². The molecule has 0 amide bonds. The highest BCUT2D eigenvalue weighted by Crippen LogP contribution is 2.24. The van der Waals surface area contributed by atoms with Gasteiger partial charge in [-0.05, 0) is 31.9 Å². The Hall–Kier alpha value is -1.71. The van der Waals surface area contributed by atoms with E-state index in [4.69, 9.17) is 5.26 Å². The van der Waals surface area contributed by atoms with E-state index in [2.05, 4.69) is 6.07 Å². The van der Waals surface area contributed by atoms with Crippen molar-refractivity contribution in [1.29, 1.82) is 5.26 Å². The zero-order chi connectivity index (χ0) is 14.8. The number of ketones is 1. The fourth-order valence-electron chi connectivity index (χ4n) is 2.29. The molecular weight excluding hydrogens is 276 g/mol. The highest BCUT2D eigenvalue weighted by molar-refractivity contribution is 7.89. The number of Topliss-reactive ketones (excluding diaryl/α,β-unsaturated/α-hetero) is 1. The minimum Gasteiger partial charge on any atom is -0.295 e. The van der Waals surface area contributed by atoms with E-state index in [-0.39, 0.29) is 23.1 Å². The van der Waals surface area contributed by atoms with Gasteiger partial charge in [0.25, 0.3) is 0 Å². The van der Waals surface area contributed by atoms with Crippen LogP contribution in [0.3, 0.4) is 0 Å². The minimum absolute atomic E-state index is 0.115. The van der Waals surface area contributed by atoms with Crippen LogP contribution in [0.25, 0.3) is 0 Å². The van der Waals surface area contributed by atoms with Crippen LogP contribution in [0.1, 0.15) is 30.1 Å². The molecule has 0 spiro atoms. The predicted octanol–water partition coefficient (Wildman–Crippen LogP) is 1.81. The molecule has 1 aromatic carbocycles. The molecule has 0 aliphatic carbocycles. The SMILES string of the molecule is CC(=O)c1cccc(S(=O)(=O)N2CCCC(C#N)C2)c1. The first-order valence-electron chi connectivity index (χ1n) is 6.46. The Balaban J connectivity index is 2.33. The predicted molar refractivity (Wildman–Crippen MR) is 73.5 cm³/mol. The zero-order valence-corrected chi connectivity index (χ0v) is 12.1. The first kappa shape index (κ1) is 14.7. The lowest BCUT2D eigenvalue weighted by molar-refractivity contribution is 0.101. The van der Waals surface area contributed by atoms with E-state index in [9.17, 15) is 13.2 Å². The van der Waals surface area contributed by atoms with Gasteiger partial charge in [0.15, 0.2) is 5.78 Å². The molecule has 5 nitrogen and oxygen atoms in total. The summed E-state index contributed by atoms with van der Waals surface area (Å²) in [6.07, 6.45) is 1.42. The third-order valence-corrected chi connectivity index (χ3v) is 5.31. The smallest absolute Gasteiger partial charge is 0.243 e. The summed E-state index contributed by atoms with van der Waals surface area (Å²) in [7, 11) is -3.63. The van der Waals surface area contributed by atoms with E-state index in [1.54, 1.807) is 12.1 Å². The van der Waals surface area contributed by atoms with Crippen molar-refractivity contribution in [2.75, 3.05) is 13.1 Å². The van der Waals surface area contributed by atoms with Crippen molar-refractivity contribution in [3.63, 3.8) is 0 Å². The summed E-state index contributed by atoms with van der Waals surface area (Å²) < 4.78 is 26.4. The highest BCUT2D eigenvalue weighted by Gasteiger charge is 2.30. The van der Waals surface area contributed by atoms with Crippen molar-refractivity contribution >= 4 is 15.8 Å². The number of nitriles is 1. The second-order valence-electron chi connectivity index (χ2n) is 4.92. The van der Waals surface area contributed by atoms with E-state index in [0.29, 0.717) is 18.5 Å². The van der Waals surface area contributed by atoms with E-state index >= 15 is 0 Å². The van der Waals surface area contributed by atoms with Crippen LogP contribution < -0.4 is 0 Å². The van der Waals surface area contributed by atoms with Gasteiger partial charge in [-0.15, -0.1) is 0 Å². The Morgan fingerprint density at radius 3 is 2.85 bits per heavy atom. The van der Waals surface area contributed by atoms with Crippen LogP contribution in [0.5, 0.6) is 0 Å². The standard InChI is InChI=1S/C14H16N2O3S/c1-11(17)13-5-2-6-14(8-13)20(18,19)16-7-3-4-12(9-15)10-16/h2,5-6,8,12H,3-4,7,10H2,1H3. The summed E-state index contributed by atoms with van der Waals surface area (Å²) in [6, 6.07) is 8.16. The van der Waals surface area contributed by atoms with Crippen molar-refractivity contribution in [2.45, 2.75) is 24.7 Å². The third-order valence-electron chi connectivity index (χ3n) is 3.45. The number of piperidine rings is 1. The van der Waals surface area contributed by atoms with E-state index < -0.39 is 10.0 Å². The molecule has 2 rings (SSSR count). The van der Waals surface area contributed by atoms with Crippen LogP contribution in [-0.2, 0) is 10.0 Å². The number of sulfonamides is 1. The summed E-state index contributed by atoms with van der Waals surface area (Å²) in [6.45, 7) is 2.05. The molecule has 1 aliphatic rings. The Bertz CT molecular complexity index is 661. The summed E-state index contributed by atoms with van der Waals surface area (Å²) in [4.78, 5) is 11.5. The molecule has 0 N–H and O–H groups in total. The minimum atomic E-state index is -3.63. The lowest BCUT2D eigenvalue weighted by Crippen LogP contribution is -2.39. The van der Waals surface area contributed by atoms with E-state index in [0.717, 1.165) is 6.42 Å². The normalized spacial score (nSPS) is 20.3. The lowest BCUT2D eigenvalue weighted by atomic mass is 10.0. The van der Waals surface area contributed by atoms with Gasteiger partial charge < -0.3 is 0 Å². The first-order valence-corrected chi connectivity index (χ1v) is 7.90. The van der Waals surface area contributed by atoms with E-state index in [1.807, 2.05) is 0 Å². The quantitative estimate of drug-likeness (QED) is 0.796. The number of hydrogen-bond donors (Lipinski definition) is 0. The number of carbonyl (C=O) groups excluding carboxylic acids is 1. The zero-order valence-electron chi connectivity index (χ0n) is 11.2. The van der Waals surface area contributed by atoms with Crippen molar-refractivity contribution in [3.05, 3.63) is 29.8 Å². The topological polar surface area (TPSA) is 78.2 Å². The van der Waals surface area contributed by atoms with Gasteiger partial charge in [-0.1, -0.05) is 12.1 Å². The fourth-order valence-corrected chi connectivity index (χ4v) is 3.86. The van der Waals surface area contributed by atoms with Gasteiger partial charge >= 0.3 is 0 Å². The molecule has 20 heavy (non-hydrogen) atoms. The van der Waals surface area contributed by atoms with Crippen LogP contribution in [0.4, 0.5) is 0 Å². The largest absolute Gasteiger partial charge is 0.295 e. The average molecular weight is 292 g/mol. The summed E-state index contributed by atoms with van der Waals surface area (Å²) >= 11 is 0. The van der Waals surface area contributed by atoms with Crippen LogP contribution in [-0.4, -0.2) is 31.6 Å². The van der Waals surface area contributed by atoms with Crippen LogP contribution in [0.2, 0.25) is 0 Å². The molecule has 1 saturated heterocycles. The summed E-state index contributed by atoms with van der Waals surface area (Å²) in [5.74, 6) is -0.426. The van der Waals surface area contributed by atoms with Crippen molar-refractivity contribution in [3.8, 4) is 6.07 Å². The number of benzene rings is 1. The van der Waals surface area contributed by atoms with Crippen molar-refractivity contribution in [1.82, 2.24) is 4.31 Å². The fraction of sp³-hybridized carbons (Fsp3) is 0.429. The molecule has 1 heterocycles. The maximum Gasteiger partial charge on any atom is 0.243 e. The maximum absolute atomic E-state index is 12.5. The van der Waals surface area contributed by atoms with Gasteiger partial charge in [0.05, 0.1) is 16.9 Å². The molecule has 0 bridgehead atoms. The number of nitrogens with zero attached hydrogens (tertiary/aromatic N) is 2. The second kappa shape index (κ2) is 5.73. The van der Waals surface area contributed by atoms with Gasteiger partial charge in [-0.25, -0.2) is 8.42 Å².